The standard InChI is InChI=1S/C23H28N6O3/c1-30-21-14-24-15-27-23(21)28-16-2-4-18(5-3-16)32-20-13-17(29-8-10-31-11-9-29)12-19-22(20)26-7-6-25-19/h6-7,12-16,18H,2-5,8-11H2,1H3,(H,24,27,28)/t16-,18+. The first-order valence-electron chi connectivity index (χ1n) is 11.1. The van der Waals surface area contributed by atoms with E-state index in [0.717, 1.165) is 80.3 Å². The molecule has 0 radical (unpaired) electrons. The van der Waals surface area contributed by atoms with Crippen LogP contribution in [0.2, 0.25) is 0 Å². The molecular weight excluding hydrogens is 408 g/mol. The maximum absolute atomic E-state index is 6.50. The molecule has 1 aromatic carbocycles. The number of hydrogen-bond donors (Lipinski definition) is 1. The number of hydrogen-bond acceptors (Lipinski definition) is 9. The topological polar surface area (TPSA) is 94.5 Å². The minimum Gasteiger partial charge on any atom is -0.491 e. The smallest absolute Gasteiger partial charge is 0.179 e. The fourth-order valence-corrected chi connectivity index (χ4v) is 4.40. The Morgan fingerprint density at radius 2 is 1.81 bits per heavy atom. The number of rotatable bonds is 6. The second kappa shape index (κ2) is 9.52. The van der Waals surface area contributed by atoms with E-state index < -0.39 is 0 Å². The van der Waals surface area contributed by atoms with Crippen LogP contribution in [-0.2, 0) is 4.74 Å². The number of benzene rings is 1. The van der Waals surface area contributed by atoms with Gasteiger partial charge < -0.3 is 24.4 Å². The molecule has 3 heterocycles. The molecule has 1 aliphatic heterocycles. The summed E-state index contributed by atoms with van der Waals surface area (Å²) in [6.45, 7) is 3.22. The van der Waals surface area contributed by atoms with Crippen molar-refractivity contribution in [3.8, 4) is 11.5 Å². The number of ether oxygens (including phenoxy) is 3. The van der Waals surface area contributed by atoms with Gasteiger partial charge in [0.05, 0.1) is 38.1 Å². The summed E-state index contributed by atoms with van der Waals surface area (Å²) in [6, 6.07) is 4.53. The fourth-order valence-electron chi connectivity index (χ4n) is 4.40. The van der Waals surface area contributed by atoms with Gasteiger partial charge in [-0.2, -0.15) is 0 Å². The summed E-state index contributed by atoms with van der Waals surface area (Å²) in [5.41, 5.74) is 2.79. The highest BCUT2D eigenvalue weighted by Crippen LogP contribution is 2.33. The summed E-state index contributed by atoms with van der Waals surface area (Å²) < 4.78 is 17.4. The average Bonchev–Trinajstić information content (AvgIpc) is 2.86. The van der Waals surface area contributed by atoms with Gasteiger partial charge in [-0.3, -0.25) is 4.98 Å². The molecule has 0 bridgehead atoms. The summed E-state index contributed by atoms with van der Waals surface area (Å²) in [7, 11) is 1.63. The van der Waals surface area contributed by atoms with Crippen molar-refractivity contribution in [2.24, 2.45) is 0 Å². The van der Waals surface area contributed by atoms with E-state index in [1.54, 1.807) is 25.7 Å². The van der Waals surface area contributed by atoms with Crippen LogP contribution in [0.25, 0.3) is 11.0 Å². The molecule has 2 aromatic heterocycles. The van der Waals surface area contributed by atoms with Gasteiger partial charge in [-0.25, -0.2) is 15.0 Å². The zero-order valence-electron chi connectivity index (χ0n) is 18.2. The first kappa shape index (κ1) is 20.7. The van der Waals surface area contributed by atoms with Crippen molar-refractivity contribution in [3.63, 3.8) is 0 Å². The van der Waals surface area contributed by atoms with Crippen LogP contribution in [0.5, 0.6) is 11.5 Å². The lowest BCUT2D eigenvalue weighted by Crippen LogP contribution is -2.36. The molecule has 0 amide bonds. The lowest BCUT2D eigenvalue weighted by atomic mass is 9.93. The van der Waals surface area contributed by atoms with Crippen LogP contribution in [-0.4, -0.2) is 65.5 Å². The molecular formula is C23H28N6O3. The SMILES string of the molecule is COc1cncnc1N[C@H]1CC[C@@H](Oc2cc(N3CCOCC3)cc3nccnc23)CC1. The third-order valence-electron chi connectivity index (χ3n) is 6.11. The van der Waals surface area contributed by atoms with Gasteiger partial charge in [-0.15, -0.1) is 0 Å². The van der Waals surface area contributed by atoms with Crippen LogP contribution in [0.3, 0.4) is 0 Å². The van der Waals surface area contributed by atoms with Gasteiger partial charge >= 0.3 is 0 Å². The molecule has 32 heavy (non-hydrogen) atoms. The molecule has 3 aromatic rings. The van der Waals surface area contributed by atoms with Crippen molar-refractivity contribution in [2.75, 3.05) is 43.6 Å². The lowest BCUT2D eigenvalue weighted by molar-refractivity contribution is 0.122. The number of morpholine rings is 1. The highest BCUT2D eigenvalue weighted by atomic mass is 16.5. The number of aromatic nitrogens is 4. The molecule has 1 N–H and O–H groups in total. The molecule has 0 atom stereocenters. The van der Waals surface area contributed by atoms with Gasteiger partial charge in [0.25, 0.3) is 0 Å². The lowest BCUT2D eigenvalue weighted by Gasteiger charge is -2.31. The highest BCUT2D eigenvalue weighted by molar-refractivity contribution is 5.85. The molecule has 9 heteroatoms. The summed E-state index contributed by atoms with van der Waals surface area (Å²) in [5, 5.41) is 3.49. The van der Waals surface area contributed by atoms with Crippen molar-refractivity contribution in [3.05, 3.63) is 37.1 Å². The Balaban J connectivity index is 1.28. The van der Waals surface area contributed by atoms with Crippen molar-refractivity contribution >= 4 is 22.5 Å². The van der Waals surface area contributed by atoms with Crippen LogP contribution < -0.4 is 19.7 Å². The molecule has 2 aliphatic rings. The summed E-state index contributed by atoms with van der Waals surface area (Å²) >= 11 is 0. The Labute approximate surface area is 187 Å². The predicted octanol–water partition coefficient (Wildman–Crippen LogP) is 3.07. The molecule has 0 spiro atoms. The molecule has 9 nitrogen and oxygen atoms in total. The molecule has 1 aliphatic carbocycles. The molecule has 1 saturated carbocycles. The van der Waals surface area contributed by atoms with Crippen LogP contribution in [0, 0.1) is 0 Å². The van der Waals surface area contributed by atoms with Crippen LogP contribution in [0.4, 0.5) is 11.5 Å². The number of nitrogens with one attached hydrogen (secondary N) is 1. The van der Waals surface area contributed by atoms with Gasteiger partial charge in [0.15, 0.2) is 11.6 Å². The fraction of sp³-hybridized carbons (Fsp3) is 0.478. The van der Waals surface area contributed by atoms with Gasteiger partial charge in [-0.05, 0) is 31.7 Å². The van der Waals surface area contributed by atoms with Gasteiger partial charge in [-0.1, -0.05) is 0 Å². The number of anilines is 2. The van der Waals surface area contributed by atoms with E-state index in [1.165, 1.54) is 6.33 Å². The van der Waals surface area contributed by atoms with E-state index in [-0.39, 0.29) is 6.10 Å². The third-order valence-corrected chi connectivity index (χ3v) is 6.11. The van der Waals surface area contributed by atoms with Crippen molar-refractivity contribution in [2.45, 2.75) is 37.8 Å². The number of nitrogens with zero attached hydrogens (tertiary/aromatic N) is 5. The predicted molar refractivity (Wildman–Crippen MR) is 121 cm³/mol. The van der Waals surface area contributed by atoms with E-state index in [9.17, 15) is 0 Å². The van der Waals surface area contributed by atoms with Gasteiger partial charge in [0.1, 0.15) is 17.6 Å². The summed E-state index contributed by atoms with van der Waals surface area (Å²) in [6.07, 6.45) is 10.7. The van der Waals surface area contributed by atoms with E-state index in [2.05, 4.69) is 42.3 Å². The van der Waals surface area contributed by atoms with Gasteiger partial charge in [0, 0.05) is 43.3 Å². The van der Waals surface area contributed by atoms with Crippen molar-refractivity contribution in [1.29, 1.82) is 0 Å². The number of methoxy groups -OCH3 is 1. The van der Waals surface area contributed by atoms with Crippen LogP contribution in [0.1, 0.15) is 25.7 Å². The largest absolute Gasteiger partial charge is 0.491 e. The molecule has 5 rings (SSSR count). The minimum atomic E-state index is 0.144. The van der Waals surface area contributed by atoms with E-state index in [0.29, 0.717) is 11.8 Å². The second-order valence-corrected chi connectivity index (χ2v) is 8.14. The molecule has 168 valence electrons. The summed E-state index contributed by atoms with van der Waals surface area (Å²) in [4.78, 5) is 19.7. The molecule has 1 saturated heterocycles. The Bertz CT molecular complexity index is 1050. The monoisotopic (exact) mass is 436 g/mol. The quantitative estimate of drug-likeness (QED) is 0.625. The maximum atomic E-state index is 6.50. The number of fused-ring (bicyclic) bond motifs is 1. The Morgan fingerprint density at radius 3 is 2.62 bits per heavy atom. The Hall–Kier alpha value is -3.20. The average molecular weight is 437 g/mol. The van der Waals surface area contributed by atoms with Crippen molar-refractivity contribution in [1.82, 2.24) is 19.9 Å². The normalized spacial score (nSPS) is 21.3. The Morgan fingerprint density at radius 1 is 1.00 bits per heavy atom. The molecule has 0 unspecified atom stereocenters. The second-order valence-electron chi connectivity index (χ2n) is 8.14. The van der Waals surface area contributed by atoms with E-state index in [4.69, 9.17) is 14.2 Å². The van der Waals surface area contributed by atoms with E-state index >= 15 is 0 Å². The zero-order valence-corrected chi connectivity index (χ0v) is 18.2. The zero-order chi connectivity index (χ0) is 21.8. The summed E-state index contributed by atoms with van der Waals surface area (Å²) in [5.74, 6) is 2.22. The van der Waals surface area contributed by atoms with Crippen LogP contribution in [0.15, 0.2) is 37.1 Å². The maximum Gasteiger partial charge on any atom is 0.179 e. The van der Waals surface area contributed by atoms with E-state index in [1.807, 2.05) is 0 Å². The first-order chi connectivity index (χ1) is 15.8. The minimum absolute atomic E-state index is 0.144. The van der Waals surface area contributed by atoms with Crippen LogP contribution >= 0.6 is 0 Å². The third kappa shape index (κ3) is 4.52. The molecule has 2 fully saturated rings. The Kier molecular flexibility index (Phi) is 6.15. The van der Waals surface area contributed by atoms with Gasteiger partial charge in [0.2, 0.25) is 0 Å². The highest BCUT2D eigenvalue weighted by Gasteiger charge is 2.25. The first-order valence-corrected chi connectivity index (χ1v) is 11.1. The van der Waals surface area contributed by atoms with Crippen molar-refractivity contribution < 1.29 is 14.2 Å².